The van der Waals surface area contributed by atoms with E-state index in [1.807, 2.05) is 18.2 Å². The van der Waals surface area contributed by atoms with Crippen molar-refractivity contribution in [3.8, 4) is 5.75 Å². The maximum Gasteiger partial charge on any atom is 0.177 e. The van der Waals surface area contributed by atoms with Crippen LogP contribution in [0.3, 0.4) is 0 Å². The molecule has 1 unspecified atom stereocenters. The van der Waals surface area contributed by atoms with Crippen LogP contribution in [-0.2, 0) is 0 Å². The van der Waals surface area contributed by atoms with Gasteiger partial charge in [0, 0.05) is 18.7 Å². The molecule has 1 heterocycles. The van der Waals surface area contributed by atoms with Crippen LogP contribution in [0.1, 0.15) is 20.3 Å². The molecule has 0 saturated carbocycles. The van der Waals surface area contributed by atoms with Gasteiger partial charge in [-0.05, 0) is 44.3 Å². The molecule has 2 rings (SSSR count). The number of quaternary nitrogens is 1. The standard InChI is InChI=1S/C15H22ClN3OS/c1-11(2)18-7-4-8-19(10-18)15(21)17-12-5-6-14(20-3)13(16)9-12/h5-6,9,11H,4,7-8,10H2,1-3H3,(H,17,21)/p+1. The minimum atomic E-state index is 0.582. The zero-order valence-electron chi connectivity index (χ0n) is 12.8. The number of anilines is 1. The summed E-state index contributed by atoms with van der Waals surface area (Å²) in [6, 6.07) is 6.22. The Morgan fingerprint density at radius 1 is 1.48 bits per heavy atom. The number of methoxy groups -OCH3 is 1. The maximum atomic E-state index is 6.14. The minimum Gasteiger partial charge on any atom is -0.495 e. The summed E-state index contributed by atoms with van der Waals surface area (Å²) in [7, 11) is 1.61. The van der Waals surface area contributed by atoms with Gasteiger partial charge in [0.1, 0.15) is 5.75 Å². The molecule has 1 aliphatic heterocycles. The molecule has 1 aliphatic rings. The topological polar surface area (TPSA) is 28.9 Å². The van der Waals surface area contributed by atoms with Crippen molar-refractivity contribution in [2.24, 2.45) is 0 Å². The van der Waals surface area contributed by atoms with E-state index in [9.17, 15) is 0 Å². The Morgan fingerprint density at radius 2 is 2.24 bits per heavy atom. The number of nitrogens with zero attached hydrogens (tertiary/aromatic N) is 1. The Hall–Kier alpha value is -1.04. The molecular weight excluding hydrogens is 306 g/mol. The summed E-state index contributed by atoms with van der Waals surface area (Å²) < 4.78 is 5.16. The first-order valence-corrected chi connectivity index (χ1v) is 8.04. The van der Waals surface area contributed by atoms with Gasteiger partial charge in [0.05, 0.1) is 24.7 Å². The molecule has 0 amide bonds. The fraction of sp³-hybridized carbons (Fsp3) is 0.533. The van der Waals surface area contributed by atoms with Crippen molar-refractivity contribution >= 4 is 34.6 Å². The lowest BCUT2D eigenvalue weighted by Crippen LogP contribution is -3.17. The number of hydrogen-bond donors (Lipinski definition) is 2. The van der Waals surface area contributed by atoms with E-state index in [0.717, 1.165) is 24.0 Å². The average molecular weight is 329 g/mol. The highest BCUT2D eigenvalue weighted by Gasteiger charge is 2.24. The molecule has 0 spiro atoms. The largest absolute Gasteiger partial charge is 0.495 e. The normalized spacial score (nSPS) is 18.7. The third-order valence-corrected chi connectivity index (χ3v) is 4.48. The van der Waals surface area contributed by atoms with Gasteiger partial charge in [-0.25, -0.2) is 0 Å². The SMILES string of the molecule is COc1ccc(NC(=S)N2CCC[NH+](C(C)C)C2)cc1Cl. The molecule has 0 aliphatic carbocycles. The van der Waals surface area contributed by atoms with Crippen LogP contribution in [-0.4, -0.2) is 42.9 Å². The number of nitrogens with one attached hydrogen (secondary N) is 2. The summed E-state index contributed by atoms with van der Waals surface area (Å²) in [5.41, 5.74) is 0.891. The van der Waals surface area contributed by atoms with Crippen LogP contribution in [0.5, 0.6) is 5.75 Å². The molecule has 2 N–H and O–H groups in total. The van der Waals surface area contributed by atoms with Crippen molar-refractivity contribution in [1.82, 2.24) is 4.90 Å². The second kappa shape index (κ2) is 7.29. The first-order chi connectivity index (χ1) is 10.0. The summed E-state index contributed by atoms with van der Waals surface area (Å²) in [4.78, 5) is 3.80. The Bertz CT molecular complexity index is 510. The van der Waals surface area contributed by atoms with Gasteiger partial charge in [-0.1, -0.05) is 11.6 Å². The molecule has 116 valence electrons. The fourth-order valence-electron chi connectivity index (χ4n) is 2.49. The Balaban J connectivity index is 1.99. The lowest BCUT2D eigenvalue weighted by molar-refractivity contribution is -0.934. The van der Waals surface area contributed by atoms with Gasteiger partial charge in [-0.15, -0.1) is 0 Å². The average Bonchev–Trinajstić information content (AvgIpc) is 2.47. The molecule has 1 fully saturated rings. The lowest BCUT2D eigenvalue weighted by Gasteiger charge is -2.36. The Labute approximate surface area is 137 Å². The zero-order chi connectivity index (χ0) is 15.4. The van der Waals surface area contributed by atoms with Crippen molar-refractivity contribution in [2.75, 3.05) is 32.2 Å². The van der Waals surface area contributed by atoms with Crippen molar-refractivity contribution in [1.29, 1.82) is 0 Å². The van der Waals surface area contributed by atoms with Gasteiger partial charge in [0.15, 0.2) is 11.8 Å². The van der Waals surface area contributed by atoms with Gasteiger partial charge in [0.25, 0.3) is 0 Å². The maximum absolute atomic E-state index is 6.14. The van der Waals surface area contributed by atoms with Crippen LogP contribution in [0.4, 0.5) is 5.69 Å². The lowest BCUT2D eigenvalue weighted by atomic mass is 10.2. The molecule has 21 heavy (non-hydrogen) atoms. The smallest absolute Gasteiger partial charge is 0.177 e. The van der Waals surface area contributed by atoms with E-state index in [0.29, 0.717) is 16.8 Å². The van der Waals surface area contributed by atoms with E-state index in [-0.39, 0.29) is 0 Å². The minimum absolute atomic E-state index is 0.582. The summed E-state index contributed by atoms with van der Waals surface area (Å²) in [5.74, 6) is 0.668. The molecule has 0 bridgehead atoms. The van der Waals surface area contributed by atoms with Crippen molar-refractivity contribution in [3.05, 3.63) is 23.2 Å². The summed E-state index contributed by atoms with van der Waals surface area (Å²) >= 11 is 11.7. The summed E-state index contributed by atoms with van der Waals surface area (Å²) in [5, 5.41) is 4.61. The highest BCUT2D eigenvalue weighted by Crippen LogP contribution is 2.27. The highest BCUT2D eigenvalue weighted by molar-refractivity contribution is 7.80. The van der Waals surface area contributed by atoms with E-state index < -0.39 is 0 Å². The molecule has 0 radical (unpaired) electrons. The van der Waals surface area contributed by atoms with E-state index >= 15 is 0 Å². The predicted molar refractivity (Wildman–Crippen MR) is 91.4 cm³/mol. The first kappa shape index (κ1) is 16.3. The van der Waals surface area contributed by atoms with E-state index in [1.165, 1.54) is 13.0 Å². The molecule has 1 saturated heterocycles. The Kier molecular flexibility index (Phi) is 5.67. The number of halogens is 1. The van der Waals surface area contributed by atoms with Gasteiger partial charge in [-0.3, -0.25) is 0 Å². The number of thiocarbonyl (C=S) groups is 1. The second-order valence-electron chi connectivity index (χ2n) is 5.62. The van der Waals surface area contributed by atoms with E-state index in [2.05, 4.69) is 24.1 Å². The van der Waals surface area contributed by atoms with Gasteiger partial charge in [0.2, 0.25) is 0 Å². The van der Waals surface area contributed by atoms with Crippen LogP contribution in [0.25, 0.3) is 0 Å². The molecule has 0 aromatic heterocycles. The monoisotopic (exact) mass is 328 g/mol. The summed E-state index contributed by atoms with van der Waals surface area (Å²) in [6.07, 6.45) is 1.17. The molecule has 1 aromatic carbocycles. The third kappa shape index (κ3) is 4.22. The van der Waals surface area contributed by atoms with E-state index in [4.69, 9.17) is 28.6 Å². The molecule has 1 atom stereocenters. The van der Waals surface area contributed by atoms with Crippen LogP contribution < -0.4 is 15.0 Å². The third-order valence-electron chi connectivity index (χ3n) is 3.83. The molecule has 6 heteroatoms. The van der Waals surface area contributed by atoms with Crippen molar-refractivity contribution < 1.29 is 9.64 Å². The van der Waals surface area contributed by atoms with Crippen LogP contribution >= 0.6 is 23.8 Å². The zero-order valence-corrected chi connectivity index (χ0v) is 14.4. The molecule has 4 nitrogen and oxygen atoms in total. The van der Waals surface area contributed by atoms with Crippen molar-refractivity contribution in [2.45, 2.75) is 26.3 Å². The highest BCUT2D eigenvalue weighted by atomic mass is 35.5. The number of benzene rings is 1. The number of hydrogen-bond acceptors (Lipinski definition) is 2. The fourth-order valence-corrected chi connectivity index (χ4v) is 3.02. The van der Waals surface area contributed by atoms with Crippen molar-refractivity contribution in [3.63, 3.8) is 0 Å². The molecule has 1 aromatic rings. The van der Waals surface area contributed by atoms with Crippen LogP contribution in [0, 0.1) is 0 Å². The number of ether oxygens (including phenoxy) is 1. The second-order valence-corrected chi connectivity index (χ2v) is 6.41. The summed E-state index contributed by atoms with van der Waals surface area (Å²) in [6.45, 7) is 7.67. The Morgan fingerprint density at radius 3 is 2.86 bits per heavy atom. The van der Waals surface area contributed by atoms with Crippen LogP contribution in [0.2, 0.25) is 5.02 Å². The van der Waals surface area contributed by atoms with Crippen LogP contribution in [0.15, 0.2) is 18.2 Å². The number of rotatable bonds is 3. The van der Waals surface area contributed by atoms with Gasteiger partial charge >= 0.3 is 0 Å². The predicted octanol–water partition coefficient (Wildman–Crippen LogP) is 2.00. The first-order valence-electron chi connectivity index (χ1n) is 7.25. The van der Waals surface area contributed by atoms with Gasteiger partial charge < -0.3 is 19.9 Å². The van der Waals surface area contributed by atoms with Gasteiger partial charge in [-0.2, -0.15) is 0 Å². The molecular formula is C15H23ClN3OS+. The quantitative estimate of drug-likeness (QED) is 0.831. The van der Waals surface area contributed by atoms with E-state index in [1.54, 1.807) is 12.0 Å².